The third-order valence-electron chi connectivity index (χ3n) is 1.71. The minimum absolute atomic E-state index is 0.0221. The largest absolute Gasteiger partial charge is 0.450 e. The lowest BCUT2D eigenvalue weighted by atomic mass is 9.99. The lowest BCUT2D eigenvalue weighted by Gasteiger charge is -2.11. The van der Waals surface area contributed by atoms with Gasteiger partial charge in [-0.3, -0.25) is 9.59 Å². The summed E-state index contributed by atoms with van der Waals surface area (Å²) in [5.41, 5.74) is 0. The fourth-order valence-corrected chi connectivity index (χ4v) is 0.811. The Morgan fingerprint density at radius 3 is 2.21 bits per heavy atom. The highest BCUT2D eigenvalue weighted by Gasteiger charge is 2.43. The number of carbonyl (C=O) groups excluding carboxylic acids is 2. The number of ether oxygens (including phenoxy) is 1. The van der Waals surface area contributed by atoms with Gasteiger partial charge in [-0.15, -0.1) is 0 Å². The van der Waals surface area contributed by atoms with Crippen molar-refractivity contribution in [2.45, 2.75) is 19.5 Å². The van der Waals surface area contributed by atoms with E-state index >= 15 is 0 Å². The summed E-state index contributed by atoms with van der Waals surface area (Å²) in [7, 11) is 1.32. The summed E-state index contributed by atoms with van der Waals surface area (Å²) in [6.07, 6.45) is -5.12. The van der Waals surface area contributed by atoms with Crippen molar-refractivity contribution in [1.82, 2.24) is 0 Å². The van der Waals surface area contributed by atoms with Crippen LogP contribution in [0.5, 0.6) is 0 Å². The molecule has 0 rings (SSSR count). The summed E-state index contributed by atoms with van der Waals surface area (Å²) < 4.78 is 40.1. The molecule has 0 aliphatic heterocycles. The van der Waals surface area contributed by atoms with Crippen LogP contribution < -0.4 is 0 Å². The van der Waals surface area contributed by atoms with E-state index in [4.69, 9.17) is 0 Å². The van der Waals surface area contributed by atoms with E-state index in [0.29, 0.717) is 0 Å². The average molecular weight is 212 g/mol. The SMILES string of the molecule is COCCC(=O)C(C)C(=O)C(F)(F)F. The number of carbonyl (C=O) groups is 2. The van der Waals surface area contributed by atoms with Crippen molar-refractivity contribution in [3.63, 3.8) is 0 Å². The van der Waals surface area contributed by atoms with Gasteiger partial charge in [0.25, 0.3) is 0 Å². The second-order valence-electron chi connectivity index (χ2n) is 2.79. The van der Waals surface area contributed by atoms with Gasteiger partial charge in [-0.1, -0.05) is 0 Å². The molecule has 1 atom stereocenters. The number of ketones is 2. The molecule has 6 heteroatoms. The Morgan fingerprint density at radius 2 is 1.86 bits per heavy atom. The molecule has 14 heavy (non-hydrogen) atoms. The maximum Gasteiger partial charge on any atom is 0.450 e. The van der Waals surface area contributed by atoms with Crippen LogP contribution in [-0.4, -0.2) is 31.5 Å². The Hall–Kier alpha value is -0.910. The minimum Gasteiger partial charge on any atom is -0.384 e. The maximum absolute atomic E-state index is 11.8. The van der Waals surface area contributed by atoms with E-state index in [9.17, 15) is 22.8 Å². The molecule has 0 radical (unpaired) electrons. The van der Waals surface area contributed by atoms with Crippen molar-refractivity contribution in [1.29, 1.82) is 0 Å². The van der Waals surface area contributed by atoms with E-state index in [1.54, 1.807) is 0 Å². The smallest absolute Gasteiger partial charge is 0.384 e. The number of Topliss-reactive ketones (excluding diaryl/α,β-unsaturated/α-hetero) is 2. The van der Waals surface area contributed by atoms with Crippen molar-refractivity contribution < 1.29 is 27.5 Å². The Morgan fingerprint density at radius 1 is 1.36 bits per heavy atom. The highest BCUT2D eigenvalue weighted by Crippen LogP contribution is 2.21. The van der Waals surface area contributed by atoms with Crippen molar-refractivity contribution in [3.8, 4) is 0 Å². The van der Waals surface area contributed by atoms with E-state index < -0.39 is 23.7 Å². The molecule has 0 bridgehead atoms. The molecule has 0 aromatic rings. The average Bonchev–Trinajstić information content (AvgIpc) is 2.10. The fourth-order valence-electron chi connectivity index (χ4n) is 0.811. The molecule has 0 fully saturated rings. The second kappa shape index (κ2) is 5.09. The Labute approximate surface area is 79.2 Å². The number of halogens is 3. The molecule has 0 aromatic carbocycles. The summed E-state index contributed by atoms with van der Waals surface area (Å²) in [6.45, 7) is 0.974. The maximum atomic E-state index is 11.8. The number of hydrogen-bond acceptors (Lipinski definition) is 3. The van der Waals surface area contributed by atoms with Crippen LogP contribution in [0.15, 0.2) is 0 Å². The van der Waals surface area contributed by atoms with Gasteiger partial charge in [0.15, 0.2) is 0 Å². The highest BCUT2D eigenvalue weighted by molar-refractivity contribution is 6.04. The van der Waals surface area contributed by atoms with Crippen LogP contribution >= 0.6 is 0 Å². The van der Waals surface area contributed by atoms with Crippen LogP contribution in [0.25, 0.3) is 0 Å². The Bertz CT molecular complexity index is 222. The van der Waals surface area contributed by atoms with Crippen LogP contribution in [0.2, 0.25) is 0 Å². The first-order valence-corrected chi connectivity index (χ1v) is 3.93. The highest BCUT2D eigenvalue weighted by atomic mass is 19.4. The van der Waals surface area contributed by atoms with Crippen LogP contribution in [0, 0.1) is 5.92 Å². The molecule has 82 valence electrons. The van der Waals surface area contributed by atoms with Gasteiger partial charge >= 0.3 is 6.18 Å². The molecule has 1 unspecified atom stereocenters. The van der Waals surface area contributed by atoms with Gasteiger partial charge in [-0.05, 0) is 6.92 Å². The molecular formula is C8H11F3O3. The first-order valence-electron chi connectivity index (χ1n) is 3.93. The van der Waals surface area contributed by atoms with Gasteiger partial charge in [-0.25, -0.2) is 0 Å². The van der Waals surface area contributed by atoms with Crippen molar-refractivity contribution >= 4 is 11.6 Å². The summed E-state index contributed by atoms with van der Waals surface area (Å²) in [5, 5.41) is 0. The van der Waals surface area contributed by atoms with E-state index in [1.165, 1.54) is 7.11 Å². The van der Waals surface area contributed by atoms with Gasteiger partial charge < -0.3 is 4.74 Å². The molecule has 0 aliphatic carbocycles. The third-order valence-corrected chi connectivity index (χ3v) is 1.71. The monoisotopic (exact) mass is 212 g/mol. The number of hydrogen-bond donors (Lipinski definition) is 0. The van der Waals surface area contributed by atoms with Crippen molar-refractivity contribution in [2.24, 2.45) is 5.92 Å². The number of rotatable bonds is 5. The molecule has 0 saturated carbocycles. The Balaban J connectivity index is 4.26. The second-order valence-corrected chi connectivity index (χ2v) is 2.79. The normalized spacial score (nSPS) is 13.8. The van der Waals surface area contributed by atoms with Gasteiger partial charge in [0.2, 0.25) is 5.78 Å². The van der Waals surface area contributed by atoms with Crippen molar-refractivity contribution in [2.75, 3.05) is 13.7 Å². The summed E-state index contributed by atoms with van der Waals surface area (Å²) in [6, 6.07) is 0. The zero-order chi connectivity index (χ0) is 11.4. The van der Waals surface area contributed by atoms with E-state index in [1.807, 2.05) is 0 Å². The molecule has 0 aromatic heterocycles. The van der Waals surface area contributed by atoms with Gasteiger partial charge in [0.1, 0.15) is 5.78 Å². The topological polar surface area (TPSA) is 43.4 Å². The van der Waals surface area contributed by atoms with Crippen LogP contribution in [0.4, 0.5) is 13.2 Å². The number of methoxy groups -OCH3 is 1. The summed E-state index contributed by atoms with van der Waals surface area (Å²) in [4.78, 5) is 21.6. The summed E-state index contributed by atoms with van der Waals surface area (Å²) >= 11 is 0. The van der Waals surface area contributed by atoms with Crippen LogP contribution in [0.3, 0.4) is 0 Å². The predicted molar refractivity (Wildman–Crippen MR) is 41.7 cm³/mol. The number of alkyl halides is 3. The molecular weight excluding hydrogens is 201 g/mol. The van der Waals surface area contributed by atoms with Crippen molar-refractivity contribution in [3.05, 3.63) is 0 Å². The molecule has 0 saturated heterocycles. The minimum atomic E-state index is -4.94. The zero-order valence-corrected chi connectivity index (χ0v) is 7.85. The molecule has 0 aliphatic rings. The predicted octanol–water partition coefficient (Wildman–Crippen LogP) is 1.36. The molecule has 0 N–H and O–H groups in total. The van der Waals surface area contributed by atoms with Crippen LogP contribution in [-0.2, 0) is 14.3 Å². The van der Waals surface area contributed by atoms with Gasteiger partial charge in [-0.2, -0.15) is 13.2 Å². The summed E-state index contributed by atoms with van der Waals surface area (Å²) in [5.74, 6) is -4.39. The molecule has 0 amide bonds. The molecule has 0 heterocycles. The Kier molecular flexibility index (Phi) is 4.76. The van der Waals surface area contributed by atoms with E-state index in [2.05, 4.69) is 4.74 Å². The molecule has 3 nitrogen and oxygen atoms in total. The fraction of sp³-hybridized carbons (Fsp3) is 0.750. The van der Waals surface area contributed by atoms with Gasteiger partial charge in [0, 0.05) is 13.5 Å². The lowest BCUT2D eigenvalue weighted by molar-refractivity contribution is -0.176. The standard InChI is InChI=1S/C8H11F3O3/c1-5(6(12)3-4-14-2)7(13)8(9,10)11/h5H,3-4H2,1-2H3. The lowest BCUT2D eigenvalue weighted by Crippen LogP contribution is -2.33. The first kappa shape index (κ1) is 13.1. The van der Waals surface area contributed by atoms with E-state index in [0.717, 1.165) is 6.92 Å². The third kappa shape index (κ3) is 3.87. The first-order chi connectivity index (χ1) is 6.30. The zero-order valence-electron chi connectivity index (χ0n) is 7.85. The van der Waals surface area contributed by atoms with E-state index in [-0.39, 0.29) is 13.0 Å². The van der Waals surface area contributed by atoms with Gasteiger partial charge in [0.05, 0.1) is 12.5 Å². The van der Waals surface area contributed by atoms with Crippen LogP contribution in [0.1, 0.15) is 13.3 Å². The quantitative estimate of drug-likeness (QED) is 0.646. The molecule has 0 spiro atoms.